The van der Waals surface area contributed by atoms with Gasteiger partial charge >= 0.3 is 0 Å². The van der Waals surface area contributed by atoms with E-state index in [1.807, 2.05) is 43.3 Å². The van der Waals surface area contributed by atoms with Crippen LogP contribution in [0.4, 0.5) is 5.69 Å². The van der Waals surface area contributed by atoms with Crippen molar-refractivity contribution in [1.29, 1.82) is 0 Å². The highest BCUT2D eigenvalue weighted by Gasteiger charge is 2.15. The molecule has 4 rings (SSSR count). The zero-order valence-corrected chi connectivity index (χ0v) is 17.6. The van der Waals surface area contributed by atoms with Gasteiger partial charge in [-0.2, -0.15) is 0 Å². The minimum absolute atomic E-state index is 0.109. The lowest BCUT2D eigenvalue weighted by atomic mass is 10.1. The number of thiophene rings is 1. The van der Waals surface area contributed by atoms with E-state index in [0.29, 0.717) is 11.4 Å². The largest absolute Gasteiger partial charge is 0.495 e. The van der Waals surface area contributed by atoms with Crippen molar-refractivity contribution < 1.29 is 9.53 Å². The minimum Gasteiger partial charge on any atom is -0.495 e. The lowest BCUT2D eigenvalue weighted by Crippen LogP contribution is -2.15. The lowest BCUT2D eigenvalue weighted by molar-refractivity contribution is -0.113. The quantitative estimate of drug-likeness (QED) is 0.333. The third-order valence-corrected chi connectivity index (χ3v) is 6.27. The first-order valence-electron chi connectivity index (χ1n) is 9.00. The number of hydrogen-bond acceptors (Lipinski definition) is 6. The summed E-state index contributed by atoms with van der Waals surface area (Å²) in [7, 11) is 1.59. The highest BCUT2D eigenvalue weighted by atomic mass is 32.2. The SMILES string of the molecule is COc1ccc(C)cc1NC(=O)CSc1ncnc2scc(-c3ccccc3)c12. The van der Waals surface area contributed by atoms with Crippen molar-refractivity contribution >= 4 is 44.9 Å². The van der Waals surface area contributed by atoms with Crippen molar-refractivity contribution in [3.63, 3.8) is 0 Å². The summed E-state index contributed by atoms with van der Waals surface area (Å²) in [5.74, 6) is 0.775. The Hall–Kier alpha value is -2.90. The molecule has 0 unspecified atom stereocenters. The van der Waals surface area contributed by atoms with Crippen LogP contribution in [0.3, 0.4) is 0 Å². The molecule has 0 spiro atoms. The van der Waals surface area contributed by atoms with Crippen LogP contribution in [0.15, 0.2) is 65.3 Å². The van der Waals surface area contributed by atoms with Crippen LogP contribution in [0.25, 0.3) is 21.3 Å². The molecule has 0 aliphatic carbocycles. The smallest absolute Gasteiger partial charge is 0.234 e. The molecule has 0 aliphatic rings. The number of aromatic nitrogens is 2. The molecule has 29 heavy (non-hydrogen) atoms. The average molecular weight is 422 g/mol. The van der Waals surface area contributed by atoms with Gasteiger partial charge in [-0.05, 0) is 30.2 Å². The average Bonchev–Trinajstić information content (AvgIpc) is 3.18. The van der Waals surface area contributed by atoms with E-state index < -0.39 is 0 Å². The fourth-order valence-corrected chi connectivity index (χ4v) is 4.82. The molecule has 7 heteroatoms. The Morgan fingerprint density at radius 3 is 2.79 bits per heavy atom. The molecule has 0 saturated heterocycles. The second-order valence-corrected chi connectivity index (χ2v) is 8.24. The predicted molar refractivity (Wildman–Crippen MR) is 120 cm³/mol. The molecular weight excluding hydrogens is 402 g/mol. The molecule has 0 radical (unpaired) electrons. The van der Waals surface area contributed by atoms with Crippen molar-refractivity contribution in [2.24, 2.45) is 0 Å². The standard InChI is InChI=1S/C22H19N3O2S2/c1-14-8-9-18(27-2)17(10-14)25-19(26)12-29-22-20-16(15-6-4-3-5-7-15)11-28-21(20)23-13-24-22/h3-11,13H,12H2,1-2H3,(H,25,26). The molecule has 146 valence electrons. The number of carbonyl (C=O) groups is 1. The third-order valence-electron chi connectivity index (χ3n) is 4.39. The van der Waals surface area contributed by atoms with E-state index in [0.717, 1.165) is 31.9 Å². The third kappa shape index (κ3) is 4.26. The second kappa shape index (κ2) is 8.63. The van der Waals surface area contributed by atoms with Crippen LogP contribution < -0.4 is 10.1 Å². The molecule has 0 saturated carbocycles. The molecule has 0 fully saturated rings. The number of hydrogen-bond donors (Lipinski definition) is 1. The molecule has 0 aliphatic heterocycles. The Morgan fingerprint density at radius 1 is 1.17 bits per heavy atom. The first-order chi connectivity index (χ1) is 14.2. The van der Waals surface area contributed by atoms with Gasteiger partial charge in [0.2, 0.25) is 5.91 Å². The van der Waals surface area contributed by atoms with Crippen molar-refractivity contribution in [3.05, 3.63) is 65.8 Å². The first kappa shape index (κ1) is 19.4. The van der Waals surface area contributed by atoms with Gasteiger partial charge in [0.1, 0.15) is 21.9 Å². The van der Waals surface area contributed by atoms with E-state index in [1.165, 1.54) is 11.8 Å². The van der Waals surface area contributed by atoms with Crippen LogP contribution in [0, 0.1) is 6.92 Å². The van der Waals surface area contributed by atoms with Crippen molar-refractivity contribution in [2.45, 2.75) is 11.9 Å². The number of nitrogens with zero attached hydrogens (tertiary/aromatic N) is 2. The monoisotopic (exact) mass is 421 g/mol. The van der Waals surface area contributed by atoms with E-state index in [2.05, 4.69) is 32.8 Å². The van der Waals surface area contributed by atoms with Gasteiger partial charge < -0.3 is 10.1 Å². The van der Waals surface area contributed by atoms with Crippen molar-refractivity contribution in [1.82, 2.24) is 9.97 Å². The fourth-order valence-electron chi connectivity index (χ4n) is 3.03. The molecule has 1 amide bonds. The number of methoxy groups -OCH3 is 1. The summed E-state index contributed by atoms with van der Waals surface area (Å²) in [6.45, 7) is 1.98. The molecule has 2 heterocycles. The zero-order valence-electron chi connectivity index (χ0n) is 16.0. The van der Waals surface area contributed by atoms with Gasteiger partial charge in [-0.1, -0.05) is 48.2 Å². The van der Waals surface area contributed by atoms with E-state index >= 15 is 0 Å². The first-order valence-corrected chi connectivity index (χ1v) is 10.9. The number of aryl methyl sites for hydroxylation is 1. The van der Waals surface area contributed by atoms with Crippen LogP contribution in [-0.2, 0) is 4.79 Å². The Bertz CT molecular complexity index is 1160. The topological polar surface area (TPSA) is 64.1 Å². The zero-order chi connectivity index (χ0) is 20.2. The van der Waals surface area contributed by atoms with Crippen LogP contribution in [0.2, 0.25) is 0 Å². The lowest BCUT2D eigenvalue weighted by Gasteiger charge is -2.11. The van der Waals surface area contributed by atoms with Gasteiger partial charge in [-0.15, -0.1) is 11.3 Å². The maximum absolute atomic E-state index is 12.6. The number of ether oxygens (including phenoxy) is 1. The fraction of sp³-hybridized carbons (Fsp3) is 0.136. The van der Waals surface area contributed by atoms with E-state index in [9.17, 15) is 4.79 Å². The van der Waals surface area contributed by atoms with Gasteiger partial charge in [-0.3, -0.25) is 4.79 Å². The molecule has 5 nitrogen and oxygen atoms in total. The number of carbonyl (C=O) groups excluding carboxylic acids is 1. The number of anilines is 1. The van der Waals surface area contributed by atoms with Crippen LogP contribution in [0.5, 0.6) is 5.75 Å². The van der Waals surface area contributed by atoms with Crippen molar-refractivity contribution in [3.8, 4) is 16.9 Å². The summed E-state index contributed by atoms with van der Waals surface area (Å²) in [5.41, 5.74) is 3.93. The number of benzene rings is 2. The van der Waals surface area contributed by atoms with Crippen LogP contribution in [-0.4, -0.2) is 28.7 Å². The number of rotatable bonds is 6. The van der Waals surface area contributed by atoms with Crippen molar-refractivity contribution in [2.75, 3.05) is 18.2 Å². The second-order valence-electron chi connectivity index (χ2n) is 6.41. The number of nitrogens with one attached hydrogen (secondary N) is 1. The minimum atomic E-state index is -0.109. The highest BCUT2D eigenvalue weighted by Crippen LogP contribution is 2.37. The van der Waals surface area contributed by atoms with Gasteiger partial charge in [0.25, 0.3) is 0 Å². The Balaban J connectivity index is 1.55. The molecule has 2 aromatic heterocycles. The molecular formula is C22H19N3O2S2. The van der Waals surface area contributed by atoms with E-state index in [-0.39, 0.29) is 11.7 Å². The molecule has 0 atom stereocenters. The maximum Gasteiger partial charge on any atom is 0.234 e. The van der Waals surface area contributed by atoms with E-state index in [1.54, 1.807) is 24.8 Å². The number of thioether (sulfide) groups is 1. The summed E-state index contributed by atoms with van der Waals surface area (Å²) in [6, 6.07) is 15.9. The highest BCUT2D eigenvalue weighted by molar-refractivity contribution is 8.00. The van der Waals surface area contributed by atoms with Gasteiger partial charge in [0, 0.05) is 10.9 Å². The Labute approximate surface area is 177 Å². The molecule has 2 aromatic carbocycles. The molecule has 4 aromatic rings. The Kier molecular flexibility index (Phi) is 5.78. The predicted octanol–water partition coefficient (Wildman–Crippen LogP) is 5.41. The summed E-state index contributed by atoms with van der Waals surface area (Å²) in [6.07, 6.45) is 1.55. The summed E-state index contributed by atoms with van der Waals surface area (Å²) in [4.78, 5) is 22.3. The summed E-state index contributed by atoms with van der Waals surface area (Å²) in [5, 5.41) is 6.83. The number of fused-ring (bicyclic) bond motifs is 1. The summed E-state index contributed by atoms with van der Waals surface area (Å²) < 4.78 is 5.34. The molecule has 0 bridgehead atoms. The van der Waals surface area contributed by atoms with Gasteiger partial charge in [0.15, 0.2) is 0 Å². The maximum atomic E-state index is 12.6. The van der Waals surface area contributed by atoms with Crippen LogP contribution in [0.1, 0.15) is 5.56 Å². The number of amides is 1. The normalized spacial score (nSPS) is 10.8. The van der Waals surface area contributed by atoms with E-state index in [4.69, 9.17) is 4.74 Å². The molecule has 1 N–H and O–H groups in total. The van der Waals surface area contributed by atoms with Gasteiger partial charge in [-0.25, -0.2) is 9.97 Å². The van der Waals surface area contributed by atoms with Crippen LogP contribution >= 0.6 is 23.1 Å². The summed E-state index contributed by atoms with van der Waals surface area (Å²) >= 11 is 3.00. The Morgan fingerprint density at radius 2 is 2.00 bits per heavy atom. The van der Waals surface area contributed by atoms with Gasteiger partial charge in [0.05, 0.1) is 23.9 Å².